The summed E-state index contributed by atoms with van der Waals surface area (Å²) >= 11 is 0. The molecule has 4 rings (SSSR count). The Balaban J connectivity index is 1.47. The van der Waals surface area contributed by atoms with Crippen LogP contribution in [0.3, 0.4) is 0 Å². The van der Waals surface area contributed by atoms with Crippen molar-refractivity contribution in [1.29, 1.82) is 0 Å². The molecular formula is C27H32O3. The van der Waals surface area contributed by atoms with Gasteiger partial charge in [0, 0.05) is 6.61 Å². The van der Waals surface area contributed by atoms with E-state index in [1.54, 1.807) is 0 Å². The van der Waals surface area contributed by atoms with E-state index in [2.05, 4.69) is 82.3 Å². The van der Waals surface area contributed by atoms with Gasteiger partial charge < -0.3 is 14.2 Å². The van der Waals surface area contributed by atoms with E-state index in [4.69, 9.17) is 14.2 Å². The molecule has 0 N–H and O–H groups in total. The molecule has 0 saturated heterocycles. The topological polar surface area (TPSA) is 27.7 Å². The fraction of sp³-hybridized carbons (Fsp3) is 0.407. The lowest BCUT2D eigenvalue weighted by Gasteiger charge is -2.22. The summed E-state index contributed by atoms with van der Waals surface area (Å²) in [6.07, 6.45) is 1.29. The predicted molar refractivity (Wildman–Crippen MR) is 126 cm³/mol. The fourth-order valence-electron chi connectivity index (χ4n) is 4.19. The smallest absolute Gasteiger partial charge is 0.0834 e. The summed E-state index contributed by atoms with van der Waals surface area (Å²) in [6.45, 7) is 10.1. The molecule has 0 amide bonds. The molecule has 0 saturated carbocycles. The summed E-state index contributed by atoms with van der Waals surface area (Å²) in [4.78, 5) is 0. The zero-order valence-corrected chi connectivity index (χ0v) is 18.5. The van der Waals surface area contributed by atoms with Crippen molar-refractivity contribution in [3.63, 3.8) is 0 Å². The normalized spacial score (nSPS) is 13.4. The first-order valence-corrected chi connectivity index (χ1v) is 11.0. The van der Waals surface area contributed by atoms with Gasteiger partial charge in [-0.1, -0.05) is 54.6 Å². The van der Waals surface area contributed by atoms with E-state index in [-0.39, 0.29) is 18.3 Å². The van der Waals surface area contributed by atoms with E-state index >= 15 is 0 Å². The van der Waals surface area contributed by atoms with Crippen molar-refractivity contribution in [2.24, 2.45) is 0 Å². The Kier molecular flexibility index (Phi) is 6.52. The second kappa shape index (κ2) is 9.30. The van der Waals surface area contributed by atoms with E-state index in [9.17, 15) is 0 Å². The molecule has 0 radical (unpaired) electrons. The van der Waals surface area contributed by atoms with E-state index in [0.29, 0.717) is 19.8 Å². The van der Waals surface area contributed by atoms with Gasteiger partial charge in [-0.2, -0.15) is 0 Å². The predicted octanol–water partition coefficient (Wildman–Crippen LogP) is 6.71. The highest BCUT2D eigenvalue weighted by molar-refractivity contribution is 6.23. The van der Waals surface area contributed by atoms with Gasteiger partial charge in [0.1, 0.15) is 0 Å². The molecular weight excluding hydrogens is 372 g/mol. The third kappa shape index (κ3) is 4.59. The Morgan fingerprint density at radius 3 is 2.10 bits per heavy atom. The van der Waals surface area contributed by atoms with Crippen molar-refractivity contribution in [3.05, 3.63) is 60.2 Å². The van der Waals surface area contributed by atoms with Crippen LogP contribution < -0.4 is 0 Å². The van der Waals surface area contributed by atoms with Gasteiger partial charge in [0.2, 0.25) is 0 Å². The molecule has 3 heteroatoms. The second-order valence-electron chi connectivity index (χ2n) is 8.61. The summed E-state index contributed by atoms with van der Waals surface area (Å²) in [5.41, 5.74) is 1.24. The van der Waals surface area contributed by atoms with Gasteiger partial charge in [0.15, 0.2) is 0 Å². The van der Waals surface area contributed by atoms with Crippen LogP contribution in [0.2, 0.25) is 0 Å². The Morgan fingerprint density at radius 2 is 1.40 bits per heavy atom. The summed E-state index contributed by atoms with van der Waals surface area (Å²) in [5.74, 6) is 0. The molecule has 0 spiro atoms. The van der Waals surface area contributed by atoms with Crippen LogP contribution in [-0.4, -0.2) is 31.5 Å². The number of ether oxygens (including phenoxy) is 3. The molecule has 30 heavy (non-hydrogen) atoms. The van der Waals surface area contributed by atoms with Gasteiger partial charge in [-0.15, -0.1) is 0 Å². The molecule has 1 unspecified atom stereocenters. The van der Waals surface area contributed by atoms with Crippen LogP contribution in [0.25, 0.3) is 32.3 Å². The van der Waals surface area contributed by atoms with Crippen LogP contribution in [-0.2, 0) is 20.8 Å². The zero-order valence-electron chi connectivity index (χ0n) is 18.5. The lowest BCUT2D eigenvalue weighted by molar-refractivity contribution is -0.0707. The summed E-state index contributed by atoms with van der Waals surface area (Å²) in [5, 5.41) is 7.86. The highest BCUT2D eigenvalue weighted by atomic mass is 16.5. The van der Waals surface area contributed by atoms with Crippen molar-refractivity contribution in [1.82, 2.24) is 0 Å². The maximum Gasteiger partial charge on any atom is 0.0834 e. The van der Waals surface area contributed by atoms with Crippen molar-refractivity contribution in [2.75, 3.05) is 13.2 Å². The minimum atomic E-state index is 0.0637. The maximum atomic E-state index is 6.09. The first kappa shape index (κ1) is 21.0. The summed E-state index contributed by atoms with van der Waals surface area (Å²) in [6, 6.07) is 19.8. The Labute approximate surface area is 179 Å². The molecule has 0 aliphatic rings. The van der Waals surface area contributed by atoms with Crippen LogP contribution in [0.1, 0.15) is 39.7 Å². The molecule has 3 nitrogen and oxygen atoms in total. The van der Waals surface area contributed by atoms with E-state index in [1.165, 1.54) is 37.9 Å². The molecule has 4 aromatic rings. The fourth-order valence-corrected chi connectivity index (χ4v) is 4.19. The first-order chi connectivity index (χ1) is 14.5. The van der Waals surface area contributed by atoms with Gasteiger partial charge in [-0.25, -0.2) is 0 Å². The van der Waals surface area contributed by atoms with Gasteiger partial charge >= 0.3 is 0 Å². The molecule has 158 valence electrons. The largest absolute Gasteiger partial charge is 0.377 e. The summed E-state index contributed by atoms with van der Waals surface area (Å²) in [7, 11) is 0. The Bertz CT molecular complexity index is 1080. The van der Waals surface area contributed by atoms with E-state index < -0.39 is 0 Å². The van der Waals surface area contributed by atoms with Gasteiger partial charge in [0.25, 0.3) is 0 Å². The molecule has 0 aliphatic carbocycles. The lowest BCUT2D eigenvalue weighted by Crippen LogP contribution is -2.26. The second-order valence-corrected chi connectivity index (χ2v) is 8.61. The third-order valence-electron chi connectivity index (χ3n) is 5.54. The van der Waals surface area contributed by atoms with Crippen molar-refractivity contribution < 1.29 is 14.2 Å². The number of benzene rings is 4. The van der Waals surface area contributed by atoms with Gasteiger partial charge in [0.05, 0.1) is 31.5 Å². The van der Waals surface area contributed by atoms with Crippen molar-refractivity contribution in [2.45, 2.75) is 59.0 Å². The monoisotopic (exact) mass is 404 g/mol. The van der Waals surface area contributed by atoms with Crippen LogP contribution in [0.4, 0.5) is 0 Å². The number of hydrogen-bond donors (Lipinski definition) is 0. The molecule has 4 aromatic carbocycles. The molecule has 0 aromatic heterocycles. The van der Waals surface area contributed by atoms with Crippen LogP contribution in [0.5, 0.6) is 0 Å². The van der Waals surface area contributed by atoms with Crippen molar-refractivity contribution in [3.8, 4) is 0 Å². The molecule has 0 fully saturated rings. The summed E-state index contributed by atoms with van der Waals surface area (Å²) < 4.78 is 17.9. The minimum absolute atomic E-state index is 0.0637. The van der Waals surface area contributed by atoms with E-state index in [1.807, 2.05) is 0 Å². The van der Waals surface area contributed by atoms with E-state index in [0.717, 1.165) is 6.42 Å². The highest BCUT2D eigenvalue weighted by Crippen LogP contribution is 2.36. The highest BCUT2D eigenvalue weighted by Gasteiger charge is 2.14. The molecule has 0 aliphatic heterocycles. The van der Waals surface area contributed by atoms with Gasteiger partial charge in [-0.3, -0.25) is 0 Å². The lowest BCUT2D eigenvalue weighted by atomic mass is 9.92. The average Bonchev–Trinajstić information content (AvgIpc) is 2.73. The maximum absolute atomic E-state index is 6.09. The third-order valence-corrected chi connectivity index (χ3v) is 5.54. The average molecular weight is 405 g/mol. The first-order valence-electron chi connectivity index (χ1n) is 11.0. The van der Waals surface area contributed by atoms with Crippen LogP contribution in [0.15, 0.2) is 54.6 Å². The van der Waals surface area contributed by atoms with Crippen LogP contribution in [0, 0.1) is 0 Å². The Hall–Kier alpha value is -2.20. The quantitative estimate of drug-likeness (QED) is 0.217. The standard InChI is InChI=1S/C27H32O3/c1-18(2)29-17-24(30-19(3)4)14-15-28-16-23-11-10-22-9-8-20-6-5-7-21-12-13-25(23)27(22)26(20)21/h5-13,18-19,24H,14-17H2,1-4H3. The zero-order chi connectivity index (χ0) is 21.1. The molecule has 1 atom stereocenters. The molecule has 0 heterocycles. The van der Waals surface area contributed by atoms with Crippen LogP contribution >= 0.6 is 0 Å². The number of hydrogen-bond acceptors (Lipinski definition) is 3. The minimum Gasteiger partial charge on any atom is -0.377 e. The SMILES string of the molecule is CC(C)OCC(CCOCc1ccc2ccc3cccc4ccc1c2c34)OC(C)C. The van der Waals surface area contributed by atoms with Gasteiger partial charge in [-0.05, 0) is 72.0 Å². The number of rotatable bonds is 10. The molecule has 0 bridgehead atoms. The van der Waals surface area contributed by atoms with Crippen molar-refractivity contribution >= 4 is 32.3 Å². The Morgan fingerprint density at radius 1 is 0.733 bits per heavy atom.